The number of aldehydes is 1. The molecule has 1 heterocycles. The maximum absolute atomic E-state index is 12.5. The van der Waals surface area contributed by atoms with Crippen molar-refractivity contribution in [3.63, 3.8) is 0 Å². The van der Waals surface area contributed by atoms with Crippen LogP contribution in [0, 0.1) is 5.82 Å². The summed E-state index contributed by atoms with van der Waals surface area (Å²) in [6.45, 7) is 2.37. The van der Waals surface area contributed by atoms with E-state index >= 15 is 0 Å². The number of carbonyl (C=O) groups excluding carboxylic acids is 1. The van der Waals surface area contributed by atoms with Gasteiger partial charge in [0.05, 0.1) is 5.56 Å². The van der Waals surface area contributed by atoms with Crippen molar-refractivity contribution >= 4 is 22.2 Å². The molecule has 1 N–H and O–H groups in total. The Morgan fingerprint density at radius 1 is 1.50 bits per heavy atom. The molecule has 0 saturated carbocycles. The number of halogens is 2. The van der Waals surface area contributed by atoms with Crippen molar-refractivity contribution in [2.75, 3.05) is 27.2 Å². The first-order chi connectivity index (χ1) is 8.54. The van der Waals surface area contributed by atoms with Gasteiger partial charge in [-0.1, -0.05) is 15.9 Å². The van der Waals surface area contributed by atoms with E-state index in [0.717, 1.165) is 6.04 Å². The minimum absolute atomic E-state index is 0.0781. The Bertz CT molecular complexity index is 393. The van der Waals surface area contributed by atoms with Gasteiger partial charge < -0.3 is 10.2 Å². The van der Waals surface area contributed by atoms with E-state index < -0.39 is 5.82 Å². The molecule has 0 unspecified atom stereocenters. The molecule has 18 heavy (non-hydrogen) atoms. The van der Waals surface area contributed by atoms with Crippen LogP contribution in [0.3, 0.4) is 0 Å². The summed E-state index contributed by atoms with van der Waals surface area (Å²) < 4.78 is 13.2. The van der Waals surface area contributed by atoms with Crippen molar-refractivity contribution in [1.82, 2.24) is 10.2 Å². The molecule has 100 valence electrons. The molecule has 5 heteroatoms. The van der Waals surface area contributed by atoms with Crippen LogP contribution in [0.4, 0.5) is 4.39 Å². The maximum Gasteiger partial charge on any atom is 0.153 e. The summed E-state index contributed by atoms with van der Waals surface area (Å²) in [7, 11) is 4.27. The normalized spacial score (nSPS) is 18.4. The molecular formula is C13H18BrFN2O. The van der Waals surface area contributed by atoms with Gasteiger partial charge in [0.25, 0.3) is 0 Å². The molecule has 0 amide bonds. The lowest BCUT2D eigenvalue weighted by Crippen LogP contribution is -2.29. The first-order valence-electron chi connectivity index (χ1n) is 5.82. The highest BCUT2D eigenvalue weighted by atomic mass is 79.9. The third kappa shape index (κ3) is 4.84. The van der Waals surface area contributed by atoms with Crippen molar-refractivity contribution in [2.24, 2.45) is 0 Å². The highest BCUT2D eigenvalue weighted by molar-refractivity contribution is 9.10. The van der Waals surface area contributed by atoms with Crippen molar-refractivity contribution in [3.8, 4) is 0 Å². The second-order valence-electron chi connectivity index (χ2n) is 4.39. The van der Waals surface area contributed by atoms with Gasteiger partial charge in [-0.05, 0) is 45.3 Å². The summed E-state index contributed by atoms with van der Waals surface area (Å²) in [5, 5.41) is 3.31. The van der Waals surface area contributed by atoms with Gasteiger partial charge in [0.2, 0.25) is 0 Å². The maximum atomic E-state index is 12.5. The first kappa shape index (κ1) is 15.3. The number of hydrogen-bond donors (Lipinski definition) is 1. The number of nitrogens with zero attached hydrogens (tertiary/aromatic N) is 1. The third-order valence-corrected chi connectivity index (χ3v) is 3.34. The monoisotopic (exact) mass is 316 g/mol. The standard InChI is InChI=1S/C7H4BrFO.C6H14N2/c8-6-1-2-7(9)5(3-6)4-10;1-8(2)6-3-4-7-5-6/h1-4H;6-7H,3-5H2,1-2H3/t;6-/m.0/s1. The molecule has 0 aliphatic carbocycles. The fourth-order valence-electron chi connectivity index (χ4n) is 1.69. The number of carbonyl (C=O) groups is 1. The predicted octanol–water partition coefficient (Wildman–Crippen LogP) is 2.31. The van der Waals surface area contributed by atoms with Gasteiger partial charge in [0.15, 0.2) is 6.29 Å². The molecular weight excluding hydrogens is 299 g/mol. The summed E-state index contributed by atoms with van der Waals surface area (Å²) >= 11 is 3.11. The lowest BCUT2D eigenvalue weighted by atomic mass is 10.2. The zero-order chi connectivity index (χ0) is 13.5. The number of nitrogens with one attached hydrogen (secondary N) is 1. The highest BCUT2D eigenvalue weighted by Gasteiger charge is 2.14. The Hall–Kier alpha value is -0.780. The van der Waals surface area contributed by atoms with Crippen LogP contribution in [0.2, 0.25) is 0 Å². The fraction of sp³-hybridized carbons (Fsp3) is 0.462. The molecule has 0 radical (unpaired) electrons. The molecule has 1 aromatic carbocycles. The lowest BCUT2D eigenvalue weighted by molar-refractivity contribution is 0.112. The summed E-state index contributed by atoms with van der Waals surface area (Å²) in [6.07, 6.45) is 1.80. The molecule has 3 nitrogen and oxygen atoms in total. The summed E-state index contributed by atoms with van der Waals surface area (Å²) in [6, 6.07) is 5.01. The van der Waals surface area contributed by atoms with Crippen molar-refractivity contribution < 1.29 is 9.18 Å². The minimum atomic E-state index is -0.488. The Morgan fingerprint density at radius 3 is 2.61 bits per heavy atom. The van der Waals surface area contributed by atoms with Crippen LogP contribution in [0.25, 0.3) is 0 Å². The fourth-order valence-corrected chi connectivity index (χ4v) is 2.06. The van der Waals surface area contributed by atoms with Gasteiger partial charge >= 0.3 is 0 Å². The van der Waals surface area contributed by atoms with Crippen LogP contribution >= 0.6 is 15.9 Å². The number of hydrogen-bond acceptors (Lipinski definition) is 3. The van der Waals surface area contributed by atoms with Crippen LogP contribution in [0.1, 0.15) is 16.8 Å². The average molecular weight is 317 g/mol. The Kier molecular flexibility index (Phi) is 6.46. The second kappa shape index (κ2) is 7.61. The SMILES string of the molecule is CN(C)[C@H]1CCNC1.O=Cc1cc(Br)ccc1F. The summed E-state index contributed by atoms with van der Waals surface area (Å²) in [4.78, 5) is 12.4. The molecule has 1 aliphatic rings. The predicted molar refractivity (Wildman–Crippen MR) is 74.4 cm³/mol. The van der Waals surface area contributed by atoms with Crippen molar-refractivity contribution in [2.45, 2.75) is 12.5 Å². The van der Waals surface area contributed by atoms with E-state index in [9.17, 15) is 9.18 Å². The highest BCUT2D eigenvalue weighted by Crippen LogP contribution is 2.13. The molecule has 0 spiro atoms. The average Bonchev–Trinajstić information content (AvgIpc) is 2.87. The van der Waals surface area contributed by atoms with Gasteiger partial charge in [-0.2, -0.15) is 0 Å². The zero-order valence-corrected chi connectivity index (χ0v) is 12.2. The van der Waals surface area contributed by atoms with E-state index in [-0.39, 0.29) is 5.56 Å². The van der Waals surface area contributed by atoms with E-state index in [2.05, 4.69) is 40.2 Å². The molecule has 1 aliphatic heterocycles. The zero-order valence-electron chi connectivity index (χ0n) is 10.6. The second-order valence-corrected chi connectivity index (χ2v) is 5.31. The number of benzene rings is 1. The van der Waals surface area contributed by atoms with Crippen LogP contribution < -0.4 is 5.32 Å². The van der Waals surface area contributed by atoms with E-state index in [0.29, 0.717) is 10.8 Å². The van der Waals surface area contributed by atoms with Gasteiger partial charge in [-0.15, -0.1) is 0 Å². The van der Waals surface area contributed by atoms with Crippen LogP contribution in [-0.4, -0.2) is 44.4 Å². The van der Waals surface area contributed by atoms with Crippen molar-refractivity contribution in [1.29, 1.82) is 0 Å². The van der Waals surface area contributed by atoms with Gasteiger partial charge in [-0.25, -0.2) is 4.39 Å². The smallest absolute Gasteiger partial charge is 0.153 e. The summed E-state index contributed by atoms with van der Waals surface area (Å²) in [5.41, 5.74) is 0.0781. The topological polar surface area (TPSA) is 32.3 Å². The van der Waals surface area contributed by atoms with Gasteiger partial charge in [-0.3, -0.25) is 4.79 Å². The largest absolute Gasteiger partial charge is 0.315 e. The molecule has 2 rings (SSSR count). The number of likely N-dealkylation sites (N-methyl/N-ethyl adjacent to an activating group) is 1. The lowest BCUT2D eigenvalue weighted by Gasteiger charge is -2.16. The summed E-state index contributed by atoms with van der Waals surface area (Å²) in [5.74, 6) is -0.488. The first-order valence-corrected chi connectivity index (χ1v) is 6.61. The molecule has 1 saturated heterocycles. The number of rotatable bonds is 2. The van der Waals surface area contributed by atoms with Crippen LogP contribution in [0.15, 0.2) is 22.7 Å². The third-order valence-electron chi connectivity index (χ3n) is 2.85. The molecule has 0 bridgehead atoms. The molecule has 1 aromatic rings. The molecule has 1 fully saturated rings. The Morgan fingerprint density at radius 2 is 2.22 bits per heavy atom. The van der Waals surface area contributed by atoms with E-state index in [4.69, 9.17) is 0 Å². The van der Waals surface area contributed by atoms with Crippen LogP contribution in [0.5, 0.6) is 0 Å². The van der Waals surface area contributed by atoms with Crippen molar-refractivity contribution in [3.05, 3.63) is 34.1 Å². The molecule has 1 atom stereocenters. The van der Waals surface area contributed by atoms with E-state index in [1.165, 1.54) is 31.6 Å². The Balaban J connectivity index is 0.000000184. The minimum Gasteiger partial charge on any atom is -0.315 e. The van der Waals surface area contributed by atoms with E-state index in [1.54, 1.807) is 6.07 Å². The molecule has 0 aromatic heterocycles. The van der Waals surface area contributed by atoms with E-state index in [1.807, 2.05) is 0 Å². The van der Waals surface area contributed by atoms with Gasteiger partial charge in [0, 0.05) is 17.1 Å². The quantitative estimate of drug-likeness (QED) is 0.850. The van der Waals surface area contributed by atoms with Crippen LogP contribution in [-0.2, 0) is 0 Å². The Labute approximate surface area is 115 Å². The van der Waals surface area contributed by atoms with Gasteiger partial charge in [0.1, 0.15) is 5.82 Å².